The van der Waals surface area contributed by atoms with Gasteiger partial charge in [-0.2, -0.15) is 4.31 Å². The van der Waals surface area contributed by atoms with Crippen molar-refractivity contribution in [1.29, 1.82) is 0 Å². The van der Waals surface area contributed by atoms with E-state index in [2.05, 4.69) is 16.2 Å². The quantitative estimate of drug-likeness (QED) is 0.610. The number of rotatable bonds is 6. The van der Waals surface area contributed by atoms with Gasteiger partial charge in [0.25, 0.3) is 0 Å². The molecule has 0 aliphatic carbocycles. The molecule has 32 heavy (non-hydrogen) atoms. The van der Waals surface area contributed by atoms with Crippen molar-refractivity contribution in [2.75, 3.05) is 25.5 Å². The van der Waals surface area contributed by atoms with E-state index in [0.29, 0.717) is 30.9 Å². The third-order valence-electron chi connectivity index (χ3n) is 5.83. The summed E-state index contributed by atoms with van der Waals surface area (Å²) in [5, 5.41) is 2.69. The Kier molecular flexibility index (Phi) is 6.75. The normalized spacial score (nSPS) is 21.9. The average Bonchev–Trinajstić information content (AvgIpc) is 3.30. The summed E-state index contributed by atoms with van der Waals surface area (Å²) in [5.74, 6) is -0.440. The minimum Gasteiger partial charge on any atom is -0.495 e. The third-order valence-corrected chi connectivity index (χ3v) is 7.75. The Morgan fingerprint density at radius 1 is 1.12 bits per heavy atom. The van der Waals surface area contributed by atoms with Crippen molar-refractivity contribution in [2.24, 2.45) is 0 Å². The number of carbonyl (C=O) groups excluding carboxylic acids is 1. The van der Waals surface area contributed by atoms with Crippen LogP contribution < -0.4 is 20.9 Å². The molecule has 2 saturated heterocycles. The first-order chi connectivity index (χ1) is 15.4. The molecule has 2 aliphatic heterocycles. The van der Waals surface area contributed by atoms with Crippen molar-refractivity contribution in [3.63, 3.8) is 0 Å². The third kappa shape index (κ3) is 4.78. The number of hydrazine groups is 1. The van der Waals surface area contributed by atoms with E-state index < -0.39 is 21.9 Å². The first kappa shape index (κ1) is 22.7. The number of ether oxygens (including phenoxy) is 1. The summed E-state index contributed by atoms with van der Waals surface area (Å²) in [5.41, 5.74) is 7.11. The molecule has 2 unspecified atom stereocenters. The molecule has 10 heteroatoms. The maximum atomic E-state index is 13.4. The zero-order valence-electron chi connectivity index (χ0n) is 17.8. The Labute approximate surface area is 187 Å². The number of nitrogens with one attached hydrogen (secondary N) is 3. The molecule has 2 heterocycles. The second kappa shape index (κ2) is 9.53. The maximum absolute atomic E-state index is 13.4. The van der Waals surface area contributed by atoms with Crippen LogP contribution in [0.25, 0.3) is 0 Å². The molecule has 2 aromatic carbocycles. The van der Waals surface area contributed by atoms with E-state index in [1.165, 1.54) is 29.6 Å². The van der Waals surface area contributed by atoms with Crippen LogP contribution in [-0.4, -0.2) is 44.9 Å². The zero-order valence-corrected chi connectivity index (χ0v) is 18.6. The van der Waals surface area contributed by atoms with Gasteiger partial charge in [0.2, 0.25) is 15.9 Å². The number of piperidine rings is 1. The van der Waals surface area contributed by atoms with E-state index in [9.17, 15) is 17.6 Å². The lowest BCUT2D eigenvalue weighted by Crippen LogP contribution is -2.39. The van der Waals surface area contributed by atoms with Gasteiger partial charge in [0.1, 0.15) is 22.5 Å². The van der Waals surface area contributed by atoms with Crippen molar-refractivity contribution in [3.05, 3.63) is 53.8 Å². The van der Waals surface area contributed by atoms with E-state index in [1.807, 2.05) is 0 Å². The van der Waals surface area contributed by atoms with Crippen molar-refractivity contribution in [1.82, 2.24) is 15.2 Å². The minimum atomic E-state index is -3.69. The molecule has 0 saturated carbocycles. The van der Waals surface area contributed by atoms with Crippen LogP contribution in [0.15, 0.2) is 47.4 Å². The van der Waals surface area contributed by atoms with Crippen LogP contribution in [-0.2, 0) is 14.8 Å². The Balaban J connectivity index is 1.50. The second-order valence-electron chi connectivity index (χ2n) is 8.00. The highest BCUT2D eigenvalue weighted by Gasteiger charge is 2.33. The lowest BCUT2D eigenvalue weighted by molar-refractivity contribution is -0.117. The van der Waals surface area contributed by atoms with E-state index in [0.717, 1.165) is 24.8 Å². The van der Waals surface area contributed by atoms with Crippen molar-refractivity contribution in [2.45, 2.75) is 42.7 Å². The fourth-order valence-electron chi connectivity index (χ4n) is 4.10. The van der Waals surface area contributed by atoms with E-state index in [4.69, 9.17) is 4.74 Å². The standard InChI is InChI=1S/C22H27FN4O4S/c1-31-20-9-8-15(12-21(20)32(29,30)27-10-3-2-4-11-27)18-14-19(26-25-18)22(28)24-17-7-5-6-16(23)13-17/h5-9,12-13,18-19,25-26H,2-4,10-11,14H2,1H3,(H,24,28). The minimum absolute atomic E-state index is 0.133. The number of carbonyl (C=O) groups is 1. The molecular formula is C22H27FN4O4S. The summed E-state index contributed by atoms with van der Waals surface area (Å²) in [4.78, 5) is 12.7. The van der Waals surface area contributed by atoms with Crippen molar-refractivity contribution < 1.29 is 22.3 Å². The number of anilines is 1. The second-order valence-corrected chi connectivity index (χ2v) is 9.91. The SMILES string of the molecule is COc1ccc(C2CC(C(=O)Nc3cccc(F)c3)NN2)cc1S(=O)(=O)N1CCCCC1. The topological polar surface area (TPSA) is 99.8 Å². The molecule has 0 radical (unpaired) electrons. The van der Waals surface area contributed by atoms with Gasteiger partial charge in [0.15, 0.2) is 0 Å². The fourth-order valence-corrected chi connectivity index (χ4v) is 5.81. The van der Waals surface area contributed by atoms with Crippen LogP contribution in [0.2, 0.25) is 0 Å². The van der Waals surface area contributed by atoms with Gasteiger partial charge < -0.3 is 10.1 Å². The van der Waals surface area contributed by atoms with Crippen LogP contribution in [0, 0.1) is 5.82 Å². The Morgan fingerprint density at radius 2 is 1.91 bits per heavy atom. The zero-order chi connectivity index (χ0) is 22.7. The number of hydrogen-bond acceptors (Lipinski definition) is 6. The number of methoxy groups -OCH3 is 1. The summed E-state index contributed by atoms with van der Waals surface area (Å²) in [6, 6.07) is 9.91. The van der Waals surface area contributed by atoms with E-state index >= 15 is 0 Å². The predicted octanol–water partition coefficient (Wildman–Crippen LogP) is 2.56. The number of amides is 1. The molecular weight excluding hydrogens is 435 g/mol. The van der Waals surface area contributed by atoms with Gasteiger partial charge in [-0.05, 0) is 55.2 Å². The van der Waals surface area contributed by atoms with Gasteiger partial charge in [0, 0.05) is 24.8 Å². The molecule has 172 valence electrons. The molecule has 3 N–H and O–H groups in total. The number of halogens is 1. The first-order valence-electron chi connectivity index (χ1n) is 10.6. The molecule has 0 bridgehead atoms. The number of benzene rings is 2. The smallest absolute Gasteiger partial charge is 0.246 e. The summed E-state index contributed by atoms with van der Waals surface area (Å²) < 4.78 is 46.7. The lowest BCUT2D eigenvalue weighted by Gasteiger charge is -2.27. The highest BCUT2D eigenvalue weighted by atomic mass is 32.2. The van der Waals surface area contributed by atoms with Crippen LogP contribution in [0.4, 0.5) is 10.1 Å². The van der Waals surface area contributed by atoms with Crippen LogP contribution in [0.3, 0.4) is 0 Å². The molecule has 0 spiro atoms. The van der Waals surface area contributed by atoms with Gasteiger partial charge in [-0.3, -0.25) is 4.79 Å². The first-order valence-corrected chi connectivity index (χ1v) is 12.1. The molecule has 1 amide bonds. The Hall–Kier alpha value is -2.53. The van der Waals surface area contributed by atoms with Gasteiger partial charge in [-0.1, -0.05) is 18.6 Å². The summed E-state index contributed by atoms with van der Waals surface area (Å²) in [6.07, 6.45) is 3.12. The van der Waals surface area contributed by atoms with Gasteiger partial charge in [-0.25, -0.2) is 23.7 Å². The van der Waals surface area contributed by atoms with Gasteiger partial charge in [0.05, 0.1) is 7.11 Å². The van der Waals surface area contributed by atoms with Crippen LogP contribution in [0.1, 0.15) is 37.3 Å². The number of nitrogens with zero attached hydrogens (tertiary/aromatic N) is 1. The van der Waals surface area contributed by atoms with Gasteiger partial charge in [-0.15, -0.1) is 0 Å². The monoisotopic (exact) mass is 462 g/mol. The summed E-state index contributed by atoms with van der Waals surface area (Å²) in [6.45, 7) is 1.00. The highest BCUT2D eigenvalue weighted by molar-refractivity contribution is 7.89. The van der Waals surface area contributed by atoms with E-state index in [-0.39, 0.29) is 16.8 Å². The average molecular weight is 463 g/mol. The maximum Gasteiger partial charge on any atom is 0.246 e. The molecule has 2 fully saturated rings. The largest absolute Gasteiger partial charge is 0.495 e. The van der Waals surface area contributed by atoms with Crippen molar-refractivity contribution >= 4 is 21.6 Å². The Bertz CT molecular complexity index is 1090. The summed E-state index contributed by atoms with van der Waals surface area (Å²) in [7, 11) is -2.24. The van der Waals surface area contributed by atoms with Crippen LogP contribution in [0.5, 0.6) is 5.75 Å². The molecule has 2 aliphatic rings. The Morgan fingerprint density at radius 3 is 2.62 bits per heavy atom. The van der Waals surface area contributed by atoms with E-state index in [1.54, 1.807) is 24.3 Å². The molecule has 2 aromatic rings. The van der Waals surface area contributed by atoms with Crippen LogP contribution >= 0.6 is 0 Å². The summed E-state index contributed by atoms with van der Waals surface area (Å²) >= 11 is 0. The molecule has 0 aromatic heterocycles. The highest BCUT2D eigenvalue weighted by Crippen LogP contribution is 2.33. The van der Waals surface area contributed by atoms with Crippen molar-refractivity contribution in [3.8, 4) is 5.75 Å². The molecule has 4 rings (SSSR count). The molecule has 2 atom stereocenters. The molecule has 8 nitrogen and oxygen atoms in total. The predicted molar refractivity (Wildman–Crippen MR) is 118 cm³/mol. The van der Waals surface area contributed by atoms with Gasteiger partial charge >= 0.3 is 0 Å². The number of hydrogen-bond donors (Lipinski definition) is 3. The number of sulfonamides is 1. The fraction of sp³-hybridized carbons (Fsp3) is 0.409. The lowest BCUT2D eigenvalue weighted by atomic mass is 10.0.